The van der Waals surface area contributed by atoms with E-state index in [1.807, 2.05) is 18.2 Å². The van der Waals surface area contributed by atoms with E-state index in [0.717, 1.165) is 5.56 Å². The van der Waals surface area contributed by atoms with E-state index in [4.69, 9.17) is 34.8 Å². The van der Waals surface area contributed by atoms with E-state index >= 15 is 0 Å². The topological polar surface area (TPSA) is 64.7 Å². The van der Waals surface area contributed by atoms with E-state index in [1.165, 1.54) is 10.9 Å². The summed E-state index contributed by atoms with van der Waals surface area (Å²) in [7, 11) is 1.62. The lowest BCUT2D eigenvalue weighted by Gasteiger charge is -2.05. The molecule has 3 rings (SSSR count). The molecule has 6 nitrogen and oxygen atoms in total. The van der Waals surface area contributed by atoms with Gasteiger partial charge in [-0.2, -0.15) is 10.2 Å². The lowest BCUT2D eigenvalue weighted by molar-refractivity contribution is 0.101. The minimum Gasteiger partial charge on any atom is -0.302 e. The largest absolute Gasteiger partial charge is 0.302 e. The summed E-state index contributed by atoms with van der Waals surface area (Å²) in [6.45, 7) is 0.432. The van der Waals surface area contributed by atoms with Gasteiger partial charge in [-0.1, -0.05) is 53.0 Å². The van der Waals surface area contributed by atoms with Gasteiger partial charge in [-0.3, -0.25) is 14.2 Å². The Kier molecular flexibility index (Phi) is 4.80. The third-order valence-electron chi connectivity index (χ3n) is 3.35. The van der Waals surface area contributed by atoms with Crippen molar-refractivity contribution in [2.45, 2.75) is 6.54 Å². The van der Waals surface area contributed by atoms with Crippen molar-refractivity contribution < 1.29 is 4.79 Å². The number of nitrogens with one attached hydrogen (secondary N) is 1. The van der Waals surface area contributed by atoms with E-state index in [0.29, 0.717) is 16.6 Å². The molecule has 0 saturated carbocycles. The van der Waals surface area contributed by atoms with Crippen LogP contribution in [0.15, 0.2) is 36.7 Å². The van der Waals surface area contributed by atoms with Crippen LogP contribution in [0.1, 0.15) is 16.1 Å². The van der Waals surface area contributed by atoms with E-state index in [2.05, 4.69) is 15.5 Å². The Balaban J connectivity index is 1.80. The Labute approximate surface area is 152 Å². The van der Waals surface area contributed by atoms with Crippen molar-refractivity contribution in [3.05, 3.63) is 63.0 Å². The average molecular weight is 385 g/mol. The zero-order valence-corrected chi connectivity index (χ0v) is 14.8. The second-order valence-electron chi connectivity index (χ2n) is 5.03. The van der Waals surface area contributed by atoms with Crippen molar-refractivity contribution >= 4 is 46.5 Å². The highest BCUT2D eigenvalue weighted by atomic mass is 35.5. The first-order valence-electron chi connectivity index (χ1n) is 6.91. The summed E-state index contributed by atoms with van der Waals surface area (Å²) in [6.07, 6.45) is 3.01. The molecular weight excluding hydrogens is 373 g/mol. The van der Waals surface area contributed by atoms with Gasteiger partial charge >= 0.3 is 0 Å². The molecule has 9 heteroatoms. The maximum Gasteiger partial charge on any atom is 0.276 e. The van der Waals surface area contributed by atoms with E-state index < -0.39 is 5.91 Å². The predicted octanol–water partition coefficient (Wildman–Crippen LogP) is 3.88. The fraction of sp³-hybridized carbons (Fsp3) is 0.133. The summed E-state index contributed by atoms with van der Waals surface area (Å²) in [4.78, 5) is 12.3. The van der Waals surface area contributed by atoms with Gasteiger partial charge in [-0.15, -0.1) is 0 Å². The number of carbonyl (C=O) groups excluding carboxylic acids is 1. The summed E-state index contributed by atoms with van der Waals surface area (Å²) in [5.74, 6) is -0.198. The Morgan fingerprint density at radius 1 is 1.17 bits per heavy atom. The number of hydrogen-bond acceptors (Lipinski definition) is 3. The highest BCUT2D eigenvalue weighted by Gasteiger charge is 2.18. The van der Waals surface area contributed by atoms with Crippen LogP contribution < -0.4 is 5.32 Å². The van der Waals surface area contributed by atoms with Crippen molar-refractivity contribution in [1.29, 1.82) is 0 Å². The average Bonchev–Trinajstić information content (AvgIpc) is 3.04. The quantitative estimate of drug-likeness (QED) is 0.742. The van der Waals surface area contributed by atoms with Crippen LogP contribution in [0.4, 0.5) is 5.82 Å². The van der Waals surface area contributed by atoms with Gasteiger partial charge in [0, 0.05) is 18.3 Å². The number of aromatic nitrogens is 4. The zero-order chi connectivity index (χ0) is 17.3. The van der Waals surface area contributed by atoms with Gasteiger partial charge < -0.3 is 5.32 Å². The van der Waals surface area contributed by atoms with Crippen LogP contribution in [0.5, 0.6) is 0 Å². The number of nitrogens with zero attached hydrogens (tertiary/aromatic N) is 4. The minimum absolute atomic E-state index is 0.230. The molecule has 124 valence electrons. The Hall–Kier alpha value is -2.02. The Bertz CT molecular complexity index is 883. The fourth-order valence-corrected chi connectivity index (χ4v) is 2.84. The smallest absolute Gasteiger partial charge is 0.276 e. The van der Waals surface area contributed by atoms with Gasteiger partial charge in [0.1, 0.15) is 10.7 Å². The standard InChI is InChI=1S/C15H12Cl3N5O/c1-22-13(11(17)6-19-22)15(24)20-14-12(18)8-23(21-14)7-9-4-2-3-5-10(9)16/h2-6,8H,7H2,1H3,(H,20,21,24). The highest BCUT2D eigenvalue weighted by Crippen LogP contribution is 2.23. The maximum absolute atomic E-state index is 12.3. The molecule has 0 unspecified atom stereocenters. The molecule has 0 spiro atoms. The van der Waals surface area contributed by atoms with Crippen LogP contribution >= 0.6 is 34.8 Å². The first-order valence-corrected chi connectivity index (χ1v) is 8.04. The van der Waals surface area contributed by atoms with Crippen molar-refractivity contribution in [1.82, 2.24) is 19.6 Å². The molecule has 24 heavy (non-hydrogen) atoms. The summed E-state index contributed by atoms with van der Waals surface area (Å²) in [5, 5.41) is 12.0. The molecule has 0 radical (unpaired) electrons. The number of amides is 1. The number of rotatable bonds is 4. The maximum atomic E-state index is 12.3. The molecule has 1 amide bonds. The second-order valence-corrected chi connectivity index (χ2v) is 6.26. The van der Waals surface area contributed by atoms with Crippen LogP contribution in [0.2, 0.25) is 15.1 Å². The molecule has 0 bridgehead atoms. The summed E-state index contributed by atoms with van der Waals surface area (Å²) < 4.78 is 2.98. The molecule has 0 aliphatic heterocycles. The molecule has 0 saturated heterocycles. The third kappa shape index (κ3) is 3.40. The van der Waals surface area contributed by atoms with Crippen LogP contribution in [-0.4, -0.2) is 25.5 Å². The molecule has 0 fully saturated rings. The molecule has 0 aliphatic rings. The Morgan fingerprint density at radius 3 is 2.58 bits per heavy atom. The molecular formula is C15H12Cl3N5O. The van der Waals surface area contributed by atoms with Crippen LogP contribution in [0, 0.1) is 0 Å². The summed E-state index contributed by atoms with van der Waals surface area (Å²) in [6, 6.07) is 7.44. The zero-order valence-electron chi connectivity index (χ0n) is 12.5. The first kappa shape index (κ1) is 16.8. The monoisotopic (exact) mass is 383 g/mol. The lowest BCUT2D eigenvalue weighted by atomic mass is 10.2. The predicted molar refractivity (Wildman–Crippen MR) is 94.0 cm³/mol. The van der Waals surface area contributed by atoms with Crippen LogP contribution in [0.25, 0.3) is 0 Å². The van der Waals surface area contributed by atoms with Gasteiger partial charge in [-0.25, -0.2) is 0 Å². The van der Waals surface area contributed by atoms with Crippen molar-refractivity contribution in [3.8, 4) is 0 Å². The lowest BCUT2D eigenvalue weighted by Crippen LogP contribution is -2.17. The number of aryl methyl sites for hydroxylation is 1. The van der Waals surface area contributed by atoms with E-state index in [-0.39, 0.29) is 16.5 Å². The van der Waals surface area contributed by atoms with Gasteiger partial charge in [0.05, 0.1) is 17.8 Å². The number of hydrogen-bond donors (Lipinski definition) is 1. The number of benzene rings is 1. The third-order valence-corrected chi connectivity index (χ3v) is 4.27. The number of anilines is 1. The van der Waals surface area contributed by atoms with Crippen LogP contribution in [-0.2, 0) is 13.6 Å². The molecule has 1 aromatic carbocycles. The first-order chi connectivity index (χ1) is 11.5. The normalized spacial score (nSPS) is 10.8. The van der Waals surface area contributed by atoms with Gasteiger partial charge in [0.25, 0.3) is 5.91 Å². The SMILES string of the molecule is Cn1ncc(Cl)c1C(=O)Nc1nn(Cc2ccccc2Cl)cc1Cl. The van der Waals surface area contributed by atoms with Crippen molar-refractivity contribution in [2.75, 3.05) is 5.32 Å². The molecule has 1 N–H and O–H groups in total. The Morgan fingerprint density at radius 2 is 1.92 bits per heavy atom. The van der Waals surface area contributed by atoms with E-state index in [1.54, 1.807) is 24.0 Å². The van der Waals surface area contributed by atoms with Crippen molar-refractivity contribution in [2.24, 2.45) is 7.05 Å². The molecule has 2 aromatic heterocycles. The van der Waals surface area contributed by atoms with Gasteiger partial charge in [0.15, 0.2) is 5.82 Å². The van der Waals surface area contributed by atoms with Crippen molar-refractivity contribution in [3.63, 3.8) is 0 Å². The molecule has 3 aromatic rings. The summed E-state index contributed by atoms with van der Waals surface area (Å²) in [5.41, 5.74) is 1.12. The molecule has 0 aliphatic carbocycles. The molecule has 2 heterocycles. The summed E-state index contributed by atoms with van der Waals surface area (Å²) >= 11 is 18.2. The van der Waals surface area contributed by atoms with E-state index in [9.17, 15) is 4.79 Å². The number of carbonyl (C=O) groups is 1. The highest BCUT2D eigenvalue weighted by molar-refractivity contribution is 6.35. The second kappa shape index (κ2) is 6.84. The number of halogens is 3. The molecule has 0 atom stereocenters. The van der Waals surface area contributed by atoms with Gasteiger partial charge in [0.2, 0.25) is 0 Å². The minimum atomic E-state index is -0.440. The van der Waals surface area contributed by atoms with Crippen LogP contribution in [0.3, 0.4) is 0 Å². The van der Waals surface area contributed by atoms with Gasteiger partial charge in [-0.05, 0) is 11.6 Å². The fourth-order valence-electron chi connectivity index (χ4n) is 2.20.